The Morgan fingerprint density at radius 3 is 2.52 bits per heavy atom. The summed E-state index contributed by atoms with van der Waals surface area (Å²) in [5.41, 5.74) is 1.70. The third-order valence-corrected chi connectivity index (χ3v) is 5.27. The van der Waals surface area contributed by atoms with Gasteiger partial charge in [-0.1, -0.05) is 0 Å². The molecule has 132 valence electrons. The highest BCUT2D eigenvalue weighted by Gasteiger charge is 2.22. The minimum Gasteiger partial charge on any atom is -0.497 e. The third kappa shape index (κ3) is 4.23. The molecule has 4 nitrogen and oxygen atoms in total. The van der Waals surface area contributed by atoms with Crippen LogP contribution in [0.1, 0.15) is 16.8 Å². The Balaban J connectivity index is 1.69. The van der Waals surface area contributed by atoms with Gasteiger partial charge in [0.05, 0.1) is 12.7 Å². The average molecular weight is 454 g/mol. The van der Waals surface area contributed by atoms with Gasteiger partial charge in [0.1, 0.15) is 11.6 Å². The van der Waals surface area contributed by atoms with E-state index in [0.29, 0.717) is 22.2 Å². The van der Waals surface area contributed by atoms with Gasteiger partial charge in [-0.15, -0.1) is 0 Å². The van der Waals surface area contributed by atoms with Crippen LogP contribution in [0.5, 0.6) is 5.75 Å². The maximum atomic E-state index is 13.3. The van der Waals surface area contributed by atoms with E-state index in [9.17, 15) is 9.18 Å². The van der Waals surface area contributed by atoms with E-state index in [1.54, 1.807) is 13.2 Å². The lowest BCUT2D eigenvalue weighted by atomic mass is 10.2. The highest BCUT2D eigenvalue weighted by Crippen LogP contribution is 2.22. The summed E-state index contributed by atoms with van der Waals surface area (Å²) in [6, 6.07) is 12.3. The normalized spacial score (nSPS) is 15.0. The number of methoxy groups -OCH3 is 1. The second kappa shape index (κ2) is 8.03. The molecule has 2 aromatic carbocycles. The lowest BCUT2D eigenvalue weighted by Crippen LogP contribution is -2.35. The molecule has 1 fully saturated rings. The maximum Gasteiger partial charge on any atom is 0.254 e. The molecule has 1 saturated heterocycles. The molecule has 25 heavy (non-hydrogen) atoms. The molecular weight excluding hydrogens is 434 g/mol. The predicted octanol–water partition coefficient (Wildman–Crippen LogP) is 3.79. The molecule has 0 atom stereocenters. The number of hydrogen-bond acceptors (Lipinski definition) is 3. The van der Waals surface area contributed by atoms with Crippen molar-refractivity contribution in [1.82, 2.24) is 4.90 Å². The molecule has 1 aliphatic heterocycles. The summed E-state index contributed by atoms with van der Waals surface area (Å²) in [7, 11) is 1.65. The summed E-state index contributed by atoms with van der Waals surface area (Å²) < 4.78 is 19.1. The lowest BCUT2D eigenvalue weighted by Gasteiger charge is -2.24. The molecule has 0 bridgehead atoms. The van der Waals surface area contributed by atoms with E-state index in [2.05, 4.69) is 4.90 Å². The molecule has 0 aliphatic carbocycles. The van der Waals surface area contributed by atoms with Crippen molar-refractivity contribution in [1.29, 1.82) is 0 Å². The Bertz CT molecular complexity index is 752. The SMILES string of the molecule is COc1ccc(N2CCCN(C(=O)c3ccc(F)cc3I)CC2)cc1. The quantitative estimate of drug-likeness (QED) is 0.662. The van der Waals surface area contributed by atoms with Gasteiger partial charge in [0.2, 0.25) is 0 Å². The molecule has 3 rings (SSSR count). The molecule has 2 aromatic rings. The first kappa shape index (κ1) is 18.0. The zero-order valence-corrected chi connectivity index (χ0v) is 16.2. The fourth-order valence-electron chi connectivity index (χ4n) is 3.01. The van der Waals surface area contributed by atoms with Gasteiger partial charge in [-0.2, -0.15) is 0 Å². The Labute approximate surface area is 160 Å². The van der Waals surface area contributed by atoms with Crippen LogP contribution in [-0.2, 0) is 0 Å². The average Bonchev–Trinajstić information content (AvgIpc) is 2.87. The molecule has 0 aromatic heterocycles. The van der Waals surface area contributed by atoms with Gasteiger partial charge in [0, 0.05) is 35.4 Å². The van der Waals surface area contributed by atoms with E-state index < -0.39 is 0 Å². The summed E-state index contributed by atoms with van der Waals surface area (Å²) in [6.45, 7) is 3.03. The Morgan fingerprint density at radius 2 is 1.84 bits per heavy atom. The first-order chi connectivity index (χ1) is 12.1. The molecular formula is C19H20FIN2O2. The number of halogens is 2. The molecule has 0 spiro atoms. The minimum atomic E-state index is -0.317. The van der Waals surface area contributed by atoms with Crippen LogP contribution in [0, 0.1) is 9.39 Å². The molecule has 0 radical (unpaired) electrons. The van der Waals surface area contributed by atoms with E-state index in [1.165, 1.54) is 12.1 Å². The van der Waals surface area contributed by atoms with E-state index in [1.807, 2.05) is 51.8 Å². The highest BCUT2D eigenvalue weighted by atomic mass is 127. The smallest absolute Gasteiger partial charge is 0.254 e. The van der Waals surface area contributed by atoms with Gasteiger partial charge < -0.3 is 14.5 Å². The van der Waals surface area contributed by atoms with E-state index in [0.717, 1.165) is 30.9 Å². The predicted molar refractivity (Wildman–Crippen MR) is 105 cm³/mol. The summed E-state index contributed by atoms with van der Waals surface area (Å²) >= 11 is 2.02. The van der Waals surface area contributed by atoms with Crippen LogP contribution in [0.15, 0.2) is 42.5 Å². The second-order valence-electron chi connectivity index (χ2n) is 5.95. The van der Waals surface area contributed by atoms with Crippen molar-refractivity contribution in [2.45, 2.75) is 6.42 Å². The number of amides is 1. The van der Waals surface area contributed by atoms with Gasteiger partial charge in [0.15, 0.2) is 0 Å². The fourth-order valence-corrected chi connectivity index (χ4v) is 3.71. The topological polar surface area (TPSA) is 32.8 Å². The molecule has 0 unspecified atom stereocenters. The fraction of sp³-hybridized carbons (Fsp3) is 0.316. The zero-order chi connectivity index (χ0) is 17.8. The van der Waals surface area contributed by atoms with E-state index in [4.69, 9.17) is 4.74 Å². The van der Waals surface area contributed by atoms with Crippen LogP contribution < -0.4 is 9.64 Å². The molecule has 0 N–H and O–H groups in total. The van der Waals surface area contributed by atoms with E-state index >= 15 is 0 Å². The first-order valence-electron chi connectivity index (χ1n) is 8.22. The number of carbonyl (C=O) groups excluding carboxylic acids is 1. The third-order valence-electron chi connectivity index (χ3n) is 4.38. The number of hydrogen-bond donors (Lipinski definition) is 0. The van der Waals surface area contributed by atoms with E-state index in [-0.39, 0.29) is 11.7 Å². The number of benzene rings is 2. The minimum absolute atomic E-state index is 0.0269. The molecule has 0 saturated carbocycles. The second-order valence-corrected chi connectivity index (χ2v) is 7.12. The van der Waals surface area contributed by atoms with Crippen LogP contribution in [0.2, 0.25) is 0 Å². The Hall–Kier alpha value is -1.83. The zero-order valence-electron chi connectivity index (χ0n) is 14.0. The monoisotopic (exact) mass is 454 g/mol. The van der Waals surface area contributed by atoms with Crippen LogP contribution in [0.25, 0.3) is 0 Å². The number of carbonyl (C=O) groups is 1. The van der Waals surface area contributed by atoms with Gasteiger partial charge in [-0.25, -0.2) is 4.39 Å². The van der Waals surface area contributed by atoms with Crippen LogP contribution in [-0.4, -0.2) is 44.1 Å². The van der Waals surface area contributed by atoms with Crippen LogP contribution in [0.3, 0.4) is 0 Å². The number of ether oxygens (including phenoxy) is 1. The van der Waals surface area contributed by atoms with Crippen molar-refractivity contribution < 1.29 is 13.9 Å². The molecule has 1 aliphatic rings. The Kier molecular flexibility index (Phi) is 5.78. The first-order valence-corrected chi connectivity index (χ1v) is 9.29. The van der Waals surface area contributed by atoms with Crippen molar-refractivity contribution in [3.05, 3.63) is 57.4 Å². The summed E-state index contributed by atoms with van der Waals surface area (Å²) in [4.78, 5) is 16.9. The van der Waals surface area contributed by atoms with Gasteiger partial charge in [0.25, 0.3) is 5.91 Å². The van der Waals surface area contributed by atoms with Crippen molar-refractivity contribution in [2.75, 3.05) is 38.2 Å². The van der Waals surface area contributed by atoms with Crippen LogP contribution in [0.4, 0.5) is 10.1 Å². The van der Waals surface area contributed by atoms with Crippen molar-refractivity contribution in [2.24, 2.45) is 0 Å². The Morgan fingerprint density at radius 1 is 1.08 bits per heavy atom. The number of nitrogens with zero attached hydrogens (tertiary/aromatic N) is 2. The summed E-state index contributed by atoms with van der Waals surface area (Å²) in [5, 5.41) is 0. The summed E-state index contributed by atoms with van der Waals surface area (Å²) in [5.74, 6) is 0.490. The van der Waals surface area contributed by atoms with Gasteiger partial charge >= 0.3 is 0 Å². The van der Waals surface area contributed by atoms with Gasteiger partial charge in [-0.3, -0.25) is 4.79 Å². The van der Waals surface area contributed by atoms with Crippen molar-refractivity contribution in [3.63, 3.8) is 0 Å². The highest BCUT2D eigenvalue weighted by molar-refractivity contribution is 14.1. The number of rotatable bonds is 3. The number of anilines is 1. The molecule has 1 heterocycles. The lowest BCUT2D eigenvalue weighted by molar-refractivity contribution is 0.0766. The maximum absolute atomic E-state index is 13.3. The molecule has 6 heteroatoms. The largest absolute Gasteiger partial charge is 0.497 e. The van der Waals surface area contributed by atoms with Gasteiger partial charge in [-0.05, 0) is 71.5 Å². The standard InChI is InChI=1S/C19H20FIN2O2/c1-25-16-6-4-15(5-7-16)22-9-2-10-23(12-11-22)19(24)17-8-3-14(20)13-18(17)21/h3-8,13H,2,9-12H2,1H3. The summed E-state index contributed by atoms with van der Waals surface area (Å²) in [6.07, 6.45) is 0.898. The van der Waals surface area contributed by atoms with Crippen LogP contribution >= 0.6 is 22.6 Å². The molecule has 1 amide bonds. The van der Waals surface area contributed by atoms with Crippen molar-refractivity contribution >= 4 is 34.2 Å². The van der Waals surface area contributed by atoms with Crippen molar-refractivity contribution in [3.8, 4) is 5.75 Å².